The van der Waals surface area contributed by atoms with Gasteiger partial charge in [0.25, 0.3) is 5.91 Å². The van der Waals surface area contributed by atoms with Crippen LogP contribution in [-0.2, 0) is 12.8 Å². The fourth-order valence-electron chi connectivity index (χ4n) is 2.10. The molecule has 4 heteroatoms. The standard InChI is InChI=1S/C13H18ClNOS/c1-9(14)6-7-15(2)13(16)12-8-10-4-3-5-11(10)17-12/h8-9H,3-7H2,1-2H3. The molecule has 0 aliphatic heterocycles. The first-order valence-electron chi connectivity index (χ1n) is 6.09. The van der Waals surface area contributed by atoms with Crippen LogP contribution in [0.25, 0.3) is 0 Å². The minimum Gasteiger partial charge on any atom is -0.341 e. The zero-order valence-electron chi connectivity index (χ0n) is 10.3. The maximum absolute atomic E-state index is 12.2. The molecule has 0 aromatic carbocycles. The lowest BCUT2D eigenvalue weighted by molar-refractivity contribution is 0.0798. The van der Waals surface area contributed by atoms with E-state index in [4.69, 9.17) is 11.6 Å². The van der Waals surface area contributed by atoms with Gasteiger partial charge in [-0.1, -0.05) is 0 Å². The Morgan fingerprint density at radius 2 is 2.35 bits per heavy atom. The highest BCUT2D eigenvalue weighted by Gasteiger charge is 2.20. The van der Waals surface area contributed by atoms with E-state index in [1.165, 1.54) is 16.9 Å². The van der Waals surface area contributed by atoms with Gasteiger partial charge in [0, 0.05) is 23.8 Å². The molecule has 1 heterocycles. The van der Waals surface area contributed by atoms with Gasteiger partial charge in [-0.25, -0.2) is 0 Å². The molecule has 0 N–H and O–H groups in total. The SMILES string of the molecule is CC(Cl)CCN(C)C(=O)c1cc2c(s1)CCC2. The van der Waals surface area contributed by atoms with Crippen LogP contribution in [-0.4, -0.2) is 29.8 Å². The van der Waals surface area contributed by atoms with E-state index >= 15 is 0 Å². The van der Waals surface area contributed by atoms with E-state index in [9.17, 15) is 4.79 Å². The van der Waals surface area contributed by atoms with Crippen molar-refractivity contribution in [1.29, 1.82) is 0 Å². The summed E-state index contributed by atoms with van der Waals surface area (Å²) in [4.78, 5) is 16.2. The fourth-order valence-corrected chi connectivity index (χ4v) is 3.44. The molecule has 1 aliphatic rings. The third-order valence-corrected chi connectivity index (χ3v) is 4.61. The highest BCUT2D eigenvalue weighted by atomic mass is 35.5. The fraction of sp³-hybridized carbons (Fsp3) is 0.615. The van der Waals surface area contributed by atoms with E-state index in [0.29, 0.717) is 0 Å². The van der Waals surface area contributed by atoms with Crippen molar-refractivity contribution >= 4 is 28.8 Å². The van der Waals surface area contributed by atoms with Gasteiger partial charge >= 0.3 is 0 Å². The molecular formula is C13H18ClNOS. The molecule has 2 nitrogen and oxygen atoms in total. The van der Waals surface area contributed by atoms with Crippen LogP contribution < -0.4 is 0 Å². The summed E-state index contributed by atoms with van der Waals surface area (Å²) in [6.45, 7) is 2.69. The molecule has 1 amide bonds. The second-order valence-electron chi connectivity index (χ2n) is 4.71. The van der Waals surface area contributed by atoms with Gasteiger partial charge in [0.05, 0.1) is 4.88 Å². The van der Waals surface area contributed by atoms with Crippen LogP contribution >= 0.6 is 22.9 Å². The molecule has 1 aromatic heterocycles. The van der Waals surface area contributed by atoms with Crippen molar-refractivity contribution in [3.63, 3.8) is 0 Å². The van der Waals surface area contributed by atoms with Crippen LogP contribution in [0.5, 0.6) is 0 Å². The number of halogens is 1. The lowest BCUT2D eigenvalue weighted by Crippen LogP contribution is -2.28. The minimum atomic E-state index is 0.124. The summed E-state index contributed by atoms with van der Waals surface area (Å²) in [5.74, 6) is 0.140. The first-order valence-corrected chi connectivity index (χ1v) is 7.34. The van der Waals surface area contributed by atoms with E-state index in [0.717, 1.165) is 30.7 Å². The summed E-state index contributed by atoms with van der Waals surface area (Å²) in [6.07, 6.45) is 4.38. The van der Waals surface area contributed by atoms with Crippen LogP contribution in [0.3, 0.4) is 0 Å². The van der Waals surface area contributed by atoms with Crippen molar-refractivity contribution in [2.24, 2.45) is 0 Å². The van der Waals surface area contributed by atoms with Gasteiger partial charge in [0.2, 0.25) is 0 Å². The summed E-state index contributed by atoms with van der Waals surface area (Å²) >= 11 is 7.57. The molecular weight excluding hydrogens is 254 g/mol. The molecule has 1 aliphatic carbocycles. The van der Waals surface area contributed by atoms with Crippen molar-refractivity contribution in [2.45, 2.75) is 38.0 Å². The molecule has 2 rings (SSSR count). The summed E-state index contributed by atoms with van der Waals surface area (Å²) < 4.78 is 0. The van der Waals surface area contributed by atoms with Crippen LogP contribution in [0.15, 0.2) is 6.07 Å². The Morgan fingerprint density at radius 1 is 1.59 bits per heavy atom. The highest BCUT2D eigenvalue weighted by Crippen LogP contribution is 2.31. The summed E-state index contributed by atoms with van der Waals surface area (Å²) in [5.41, 5.74) is 1.39. The summed E-state index contributed by atoms with van der Waals surface area (Å²) in [6, 6.07) is 2.08. The molecule has 0 saturated heterocycles. The zero-order chi connectivity index (χ0) is 12.4. The van der Waals surface area contributed by atoms with Crippen LogP contribution in [0.4, 0.5) is 0 Å². The number of fused-ring (bicyclic) bond motifs is 1. The average molecular weight is 272 g/mol. The number of amides is 1. The van der Waals surface area contributed by atoms with Crippen molar-refractivity contribution in [3.05, 3.63) is 21.4 Å². The van der Waals surface area contributed by atoms with Crippen molar-refractivity contribution in [3.8, 4) is 0 Å². The minimum absolute atomic E-state index is 0.124. The predicted molar refractivity (Wildman–Crippen MR) is 73.2 cm³/mol. The van der Waals surface area contributed by atoms with E-state index in [1.807, 2.05) is 14.0 Å². The molecule has 94 valence electrons. The normalized spacial score (nSPS) is 15.7. The first-order chi connectivity index (χ1) is 8.08. The number of alkyl halides is 1. The molecule has 1 atom stereocenters. The van der Waals surface area contributed by atoms with Gasteiger partial charge in [-0.2, -0.15) is 0 Å². The number of nitrogens with zero attached hydrogens (tertiary/aromatic N) is 1. The second kappa shape index (κ2) is 5.40. The van der Waals surface area contributed by atoms with E-state index in [1.54, 1.807) is 16.2 Å². The number of hydrogen-bond donors (Lipinski definition) is 0. The smallest absolute Gasteiger partial charge is 0.263 e. The number of carbonyl (C=O) groups excluding carboxylic acids is 1. The third-order valence-electron chi connectivity index (χ3n) is 3.17. The van der Waals surface area contributed by atoms with Crippen LogP contribution in [0.1, 0.15) is 39.9 Å². The van der Waals surface area contributed by atoms with Crippen molar-refractivity contribution < 1.29 is 4.79 Å². The van der Waals surface area contributed by atoms with Gasteiger partial charge in [-0.15, -0.1) is 22.9 Å². The molecule has 0 spiro atoms. The Balaban J connectivity index is 1.98. The van der Waals surface area contributed by atoms with Crippen LogP contribution in [0, 0.1) is 0 Å². The lowest BCUT2D eigenvalue weighted by atomic mass is 10.2. The van der Waals surface area contributed by atoms with Gasteiger partial charge in [0.15, 0.2) is 0 Å². The molecule has 1 unspecified atom stereocenters. The van der Waals surface area contributed by atoms with E-state index in [-0.39, 0.29) is 11.3 Å². The summed E-state index contributed by atoms with van der Waals surface area (Å²) in [7, 11) is 1.85. The monoisotopic (exact) mass is 271 g/mol. The Hall–Kier alpha value is -0.540. The quantitative estimate of drug-likeness (QED) is 0.770. The predicted octanol–water partition coefficient (Wildman–Crippen LogP) is 3.33. The number of carbonyl (C=O) groups is 1. The van der Waals surface area contributed by atoms with Gasteiger partial charge in [-0.05, 0) is 44.2 Å². The van der Waals surface area contributed by atoms with Gasteiger partial charge in [-0.3, -0.25) is 4.79 Å². The number of hydrogen-bond acceptors (Lipinski definition) is 2. The molecule has 0 radical (unpaired) electrons. The lowest BCUT2D eigenvalue weighted by Gasteiger charge is -2.16. The zero-order valence-corrected chi connectivity index (χ0v) is 11.9. The van der Waals surface area contributed by atoms with Gasteiger partial charge < -0.3 is 4.90 Å². The number of rotatable bonds is 4. The first kappa shape index (κ1) is 12.9. The molecule has 0 bridgehead atoms. The maximum Gasteiger partial charge on any atom is 0.263 e. The average Bonchev–Trinajstić information content (AvgIpc) is 2.84. The Bertz CT molecular complexity index is 392. The van der Waals surface area contributed by atoms with E-state index in [2.05, 4.69) is 6.07 Å². The van der Waals surface area contributed by atoms with Crippen molar-refractivity contribution in [2.75, 3.05) is 13.6 Å². The molecule has 17 heavy (non-hydrogen) atoms. The van der Waals surface area contributed by atoms with Gasteiger partial charge in [0.1, 0.15) is 0 Å². The Labute approximate surface area is 112 Å². The van der Waals surface area contributed by atoms with Crippen molar-refractivity contribution in [1.82, 2.24) is 4.90 Å². The highest BCUT2D eigenvalue weighted by molar-refractivity contribution is 7.14. The summed E-state index contributed by atoms with van der Waals surface area (Å²) in [5, 5.41) is 0.124. The topological polar surface area (TPSA) is 20.3 Å². The largest absolute Gasteiger partial charge is 0.341 e. The Morgan fingerprint density at radius 3 is 3.00 bits per heavy atom. The molecule has 0 saturated carbocycles. The number of thiophene rings is 1. The maximum atomic E-state index is 12.2. The molecule has 0 fully saturated rings. The Kier molecular flexibility index (Phi) is 4.10. The van der Waals surface area contributed by atoms with E-state index < -0.39 is 0 Å². The van der Waals surface area contributed by atoms with Crippen LogP contribution in [0.2, 0.25) is 0 Å². The number of aryl methyl sites for hydroxylation is 2. The second-order valence-corrected chi connectivity index (χ2v) is 6.59. The third kappa shape index (κ3) is 3.02. The molecule has 1 aromatic rings.